The number of allylic oxidation sites excluding steroid dienone is 1. The topological polar surface area (TPSA) is 97.2 Å². The summed E-state index contributed by atoms with van der Waals surface area (Å²) in [4.78, 5) is 12.9. The van der Waals surface area contributed by atoms with E-state index in [1.54, 1.807) is 22.9 Å². The third-order valence-corrected chi connectivity index (χ3v) is 8.32. The lowest BCUT2D eigenvalue weighted by molar-refractivity contribution is -0.126. The molecule has 0 unspecified atom stereocenters. The van der Waals surface area contributed by atoms with E-state index >= 15 is 0 Å². The van der Waals surface area contributed by atoms with Gasteiger partial charge in [-0.3, -0.25) is 4.79 Å². The zero-order chi connectivity index (χ0) is 22.7. The lowest BCUT2D eigenvalue weighted by Gasteiger charge is -2.31. The van der Waals surface area contributed by atoms with Gasteiger partial charge in [-0.25, -0.2) is 13.1 Å². The van der Waals surface area contributed by atoms with Gasteiger partial charge in [-0.15, -0.1) is 5.10 Å². The summed E-state index contributed by atoms with van der Waals surface area (Å²) < 4.78 is 29.8. The number of sulfonamides is 1. The van der Waals surface area contributed by atoms with Crippen molar-refractivity contribution >= 4 is 27.0 Å². The van der Waals surface area contributed by atoms with Gasteiger partial charge in [0.1, 0.15) is 5.52 Å². The van der Waals surface area contributed by atoms with Crippen LogP contribution >= 0.6 is 0 Å². The zero-order valence-electron chi connectivity index (χ0n) is 19.0. The molecule has 0 spiro atoms. The quantitative estimate of drug-likeness (QED) is 0.640. The van der Waals surface area contributed by atoms with Crippen LogP contribution in [0.4, 0.5) is 0 Å². The molecular weight excluding hydrogens is 426 g/mol. The molecule has 1 aliphatic heterocycles. The van der Waals surface area contributed by atoms with Gasteiger partial charge in [-0.1, -0.05) is 16.9 Å². The average Bonchev–Trinajstić information content (AvgIpc) is 3.23. The molecule has 8 nitrogen and oxygen atoms in total. The van der Waals surface area contributed by atoms with E-state index in [0.29, 0.717) is 31.4 Å². The Kier molecular flexibility index (Phi) is 6.95. The lowest BCUT2D eigenvalue weighted by Crippen LogP contribution is -2.45. The summed E-state index contributed by atoms with van der Waals surface area (Å²) in [6.45, 7) is 5.27. The zero-order valence-corrected chi connectivity index (χ0v) is 19.8. The van der Waals surface area contributed by atoms with Crippen LogP contribution in [0, 0.1) is 5.92 Å². The molecule has 1 aliphatic carbocycles. The number of piperidine rings is 1. The van der Waals surface area contributed by atoms with E-state index in [9.17, 15) is 13.2 Å². The van der Waals surface area contributed by atoms with Gasteiger partial charge in [0, 0.05) is 25.7 Å². The number of rotatable bonds is 7. The lowest BCUT2D eigenvalue weighted by atomic mass is 9.96. The fraction of sp³-hybridized carbons (Fsp3) is 0.609. The van der Waals surface area contributed by atoms with Gasteiger partial charge in [-0.2, -0.15) is 4.31 Å². The van der Waals surface area contributed by atoms with E-state index in [4.69, 9.17) is 0 Å². The third kappa shape index (κ3) is 4.88. The monoisotopic (exact) mass is 459 g/mol. The number of carbonyl (C=O) groups excluding carboxylic acids is 1. The molecule has 1 aromatic carbocycles. The molecule has 32 heavy (non-hydrogen) atoms. The summed E-state index contributed by atoms with van der Waals surface area (Å²) in [5.74, 6) is -0.360. The van der Waals surface area contributed by atoms with Crippen LogP contribution in [0.1, 0.15) is 64.8 Å². The molecule has 2 heterocycles. The molecule has 1 saturated heterocycles. The molecule has 4 rings (SSSR count). The maximum absolute atomic E-state index is 13.3. The smallest absolute Gasteiger partial charge is 0.243 e. The first-order valence-corrected chi connectivity index (χ1v) is 13.1. The van der Waals surface area contributed by atoms with Gasteiger partial charge in [-0.05, 0) is 77.0 Å². The van der Waals surface area contributed by atoms with Gasteiger partial charge >= 0.3 is 0 Å². The number of hydrogen-bond donors (Lipinski definition) is 1. The van der Waals surface area contributed by atoms with Crippen molar-refractivity contribution in [1.29, 1.82) is 0 Å². The largest absolute Gasteiger partial charge is 0.356 e. The Balaban J connectivity index is 1.41. The summed E-state index contributed by atoms with van der Waals surface area (Å²) in [6.07, 6.45) is 9.31. The first kappa shape index (κ1) is 22.9. The number of aromatic nitrogens is 3. The Hall–Kier alpha value is -2.26. The number of nitrogens with zero attached hydrogens (tertiary/aromatic N) is 4. The maximum atomic E-state index is 13.3. The predicted molar refractivity (Wildman–Crippen MR) is 124 cm³/mol. The molecular formula is C23H33N5O3S. The molecule has 2 aromatic rings. The van der Waals surface area contributed by atoms with Crippen molar-refractivity contribution in [2.75, 3.05) is 19.6 Å². The summed E-state index contributed by atoms with van der Waals surface area (Å²) in [7, 11) is -3.70. The molecule has 1 amide bonds. The van der Waals surface area contributed by atoms with Crippen LogP contribution in [0.3, 0.4) is 0 Å². The molecule has 0 bridgehead atoms. The molecule has 1 atom stereocenters. The molecule has 1 N–H and O–H groups in total. The Morgan fingerprint density at radius 2 is 2.09 bits per heavy atom. The number of carbonyl (C=O) groups is 1. The van der Waals surface area contributed by atoms with Gasteiger partial charge in [0.05, 0.1) is 16.3 Å². The van der Waals surface area contributed by atoms with Gasteiger partial charge < -0.3 is 5.32 Å². The van der Waals surface area contributed by atoms with Gasteiger partial charge in [0.2, 0.25) is 15.9 Å². The van der Waals surface area contributed by atoms with Crippen molar-refractivity contribution < 1.29 is 13.2 Å². The molecule has 2 aliphatic rings. The van der Waals surface area contributed by atoms with E-state index in [-0.39, 0.29) is 29.3 Å². The Morgan fingerprint density at radius 3 is 2.84 bits per heavy atom. The second kappa shape index (κ2) is 9.70. The highest BCUT2D eigenvalue weighted by Crippen LogP contribution is 2.26. The highest BCUT2D eigenvalue weighted by Gasteiger charge is 2.33. The highest BCUT2D eigenvalue weighted by atomic mass is 32.2. The number of nitrogens with one attached hydrogen (secondary N) is 1. The minimum Gasteiger partial charge on any atom is -0.356 e. The molecule has 1 aromatic heterocycles. The summed E-state index contributed by atoms with van der Waals surface area (Å²) in [5.41, 5.74) is 2.79. The van der Waals surface area contributed by atoms with Crippen LogP contribution in [0.25, 0.3) is 11.0 Å². The normalized spacial score (nSPS) is 20.5. The van der Waals surface area contributed by atoms with E-state index in [1.165, 1.54) is 22.7 Å². The Morgan fingerprint density at radius 1 is 1.25 bits per heavy atom. The fourth-order valence-corrected chi connectivity index (χ4v) is 6.15. The minimum atomic E-state index is -3.70. The van der Waals surface area contributed by atoms with Crippen molar-refractivity contribution in [2.24, 2.45) is 5.92 Å². The van der Waals surface area contributed by atoms with Crippen molar-refractivity contribution in [1.82, 2.24) is 24.6 Å². The molecule has 0 saturated carbocycles. The van der Waals surface area contributed by atoms with Crippen LogP contribution in [-0.2, 0) is 14.8 Å². The van der Waals surface area contributed by atoms with E-state index in [1.807, 2.05) is 13.8 Å². The van der Waals surface area contributed by atoms with Crippen molar-refractivity contribution in [3.05, 3.63) is 29.8 Å². The summed E-state index contributed by atoms with van der Waals surface area (Å²) in [6, 6.07) is 5.09. The number of hydrogen-bond acceptors (Lipinski definition) is 5. The minimum absolute atomic E-state index is 0.0448. The molecule has 9 heteroatoms. The van der Waals surface area contributed by atoms with Crippen molar-refractivity contribution in [3.8, 4) is 0 Å². The molecule has 174 valence electrons. The SMILES string of the molecule is CC(C)n1nnc2cc(S(=O)(=O)N3CCC[C@H](C(=O)NCCC4=CCCCC4)C3)ccc21. The third-order valence-electron chi connectivity index (χ3n) is 6.45. The number of amides is 1. The van der Waals surface area contributed by atoms with Crippen LogP contribution in [0.15, 0.2) is 34.7 Å². The second-order valence-corrected chi connectivity index (χ2v) is 11.1. The number of benzene rings is 1. The van der Waals surface area contributed by atoms with Crippen molar-refractivity contribution in [2.45, 2.75) is 69.7 Å². The van der Waals surface area contributed by atoms with E-state index in [0.717, 1.165) is 24.8 Å². The van der Waals surface area contributed by atoms with Gasteiger partial charge in [0.15, 0.2) is 0 Å². The van der Waals surface area contributed by atoms with Crippen LogP contribution in [-0.4, -0.2) is 53.3 Å². The average molecular weight is 460 g/mol. The summed E-state index contributed by atoms with van der Waals surface area (Å²) in [5, 5.41) is 11.3. The number of fused-ring (bicyclic) bond motifs is 1. The highest BCUT2D eigenvalue weighted by molar-refractivity contribution is 7.89. The standard InChI is InChI=1S/C23H33N5O3S/c1-17(2)28-22-11-10-20(15-21(22)25-26-28)32(30,31)27-14-6-9-19(16-27)23(29)24-13-12-18-7-4-3-5-8-18/h7,10-11,15,17,19H,3-6,8-9,12-14,16H2,1-2H3,(H,24,29)/t19-/m0/s1. The maximum Gasteiger partial charge on any atom is 0.243 e. The van der Waals surface area contributed by atoms with Gasteiger partial charge in [0.25, 0.3) is 0 Å². The first-order valence-electron chi connectivity index (χ1n) is 11.7. The second-order valence-electron chi connectivity index (χ2n) is 9.13. The van der Waals surface area contributed by atoms with E-state index < -0.39 is 10.0 Å². The molecule has 1 fully saturated rings. The molecule has 0 radical (unpaired) electrons. The fourth-order valence-electron chi connectivity index (χ4n) is 4.61. The van der Waals surface area contributed by atoms with Crippen molar-refractivity contribution in [3.63, 3.8) is 0 Å². The first-order chi connectivity index (χ1) is 15.4. The van der Waals surface area contributed by atoms with Crippen LogP contribution in [0.5, 0.6) is 0 Å². The Bertz CT molecular complexity index is 1110. The predicted octanol–water partition coefficient (Wildman–Crippen LogP) is 3.42. The summed E-state index contributed by atoms with van der Waals surface area (Å²) >= 11 is 0. The van der Waals surface area contributed by atoms with Crippen LogP contribution in [0.2, 0.25) is 0 Å². The van der Waals surface area contributed by atoms with Crippen LogP contribution < -0.4 is 5.32 Å². The van der Waals surface area contributed by atoms with E-state index in [2.05, 4.69) is 21.7 Å². The Labute approximate surface area is 190 Å².